The molecule has 0 aliphatic heterocycles. The predicted octanol–water partition coefficient (Wildman–Crippen LogP) is 2.40. The summed E-state index contributed by atoms with van der Waals surface area (Å²) in [5.41, 5.74) is 2.78. The van der Waals surface area contributed by atoms with Gasteiger partial charge in [0.1, 0.15) is 11.5 Å². The number of hydrogen-bond acceptors (Lipinski definition) is 7. The number of phenols is 2. The number of aromatic amines is 1. The van der Waals surface area contributed by atoms with Gasteiger partial charge in [-0.2, -0.15) is 0 Å². The maximum atomic E-state index is 10.4. The molecule has 0 saturated carbocycles. The van der Waals surface area contributed by atoms with E-state index in [1.54, 1.807) is 24.3 Å². The van der Waals surface area contributed by atoms with Crippen molar-refractivity contribution in [1.29, 1.82) is 0 Å². The molecule has 0 unspecified atom stereocenters. The van der Waals surface area contributed by atoms with Crippen LogP contribution in [0.5, 0.6) is 17.5 Å². The summed E-state index contributed by atoms with van der Waals surface area (Å²) in [5, 5.41) is 44.6. The average molecular weight is 364 g/mol. The van der Waals surface area contributed by atoms with Crippen molar-refractivity contribution in [3.63, 3.8) is 0 Å². The minimum Gasteiger partial charge on any atom is -0.508 e. The molecule has 2 heterocycles. The highest BCUT2D eigenvalue weighted by atomic mass is 16.3. The highest BCUT2D eigenvalue weighted by molar-refractivity contribution is 5.75. The van der Waals surface area contributed by atoms with Crippen molar-refractivity contribution in [3.05, 3.63) is 48.2 Å². The lowest BCUT2D eigenvalue weighted by atomic mass is 10.0. The molecule has 2 aromatic heterocycles. The summed E-state index contributed by atoms with van der Waals surface area (Å²) >= 11 is 0. The molecule has 4 aromatic rings. The molecule has 4 rings (SSSR count). The first-order valence-electron chi connectivity index (χ1n) is 8.25. The monoisotopic (exact) mass is 364 g/mol. The molecule has 2 aromatic carbocycles. The highest BCUT2D eigenvalue weighted by Gasteiger charge is 2.20. The fourth-order valence-electron chi connectivity index (χ4n) is 3.02. The van der Waals surface area contributed by atoms with E-state index in [-0.39, 0.29) is 17.5 Å². The maximum Gasteiger partial charge on any atom is 0.299 e. The van der Waals surface area contributed by atoms with Crippen molar-refractivity contribution in [3.8, 4) is 45.8 Å². The summed E-state index contributed by atoms with van der Waals surface area (Å²) in [4.78, 5) is 3.99. The lowest BCUT2D eigenvalue weighted by molar-refractivity contribution is 0.423. The molecule has 0 spiro atoms. The largest absolute Gasteiger partial charge is 0.508 e. The van der Waals surface area contributed by atoms with Gasteiger partial charge in [0.2, 0.25) is 0 Å². The van der Waals surface area contributed by atoms with Crippen molar-refractivity contribution < 1.29 is 15.3 Å². The number of aryl methyl sites for hydroxylation is 1. The van der Waals surface area contributed by atoms with Crippen molar-refractivity contribution in [2.45, 2.75) is 13.3 Å². The summed E-state index contributed by atoms with van der Waals surface area (Å²) in [7, 11) is 0. The van der Waals surface area contributed by atoms with Crippen LogP contribution >= 0.6 is 0 Å². The molecular weight excluding hydrogens is 348 g/mol. The van der Waals surface area contributed by atoms with Crippen LogP contribution < -0.4 is 0 Å². The summed E-state index contributed by atoms with van der Waals surface area (Å²) in [6.07, 6.45) is 2.04. The fraction of sp³-hybridized carbons (Fsp3) is 0.111. The van der Waals surface area contributed by atoms with Crippen LogP contribution in [0.1, 0.15) is 12.5 Å². The zero-order valence-electron chi connectivity index (χ0n) is 14.3. The predicted molar refractivity (Wildman–Crippen MR) is 96.5 cm³/mol. The van der Waals surface area contributed by atoms with E-state index in [0.29, 0.717) is 40.3 Å². The van der Waals surface area contributed by atoms with Crippen LogP contribution in [-0.2, 0) is 6.42 Å². The molecule has 0 saturated heterocycles. The van der Waals surface area contributed by atoms with Gasteiger partial charge in [-0.05, 0) is 40.6 Å². The van der Waals surface area contributed by atoms with E-state index < -0.39 is 0 Å². The highest BCUT2D eigenvalue weighted by Crippen LogP contribution is 2.39. The van der Waals surface area contributed by atoms with E-state index in [0.717, 1.165) is 0 Å². The van der Waals surface area contributed by atoms with E-state index in [4.69, 9.17) is 0 Å². The number of nitrogens with one attached hydrogen (secondary N) is 1. The Morgan fingerprint density at radius 3 is 2.59 bits per heavy atom. The van der Waals surface area contributed by atoms with Crippen molar-refractivity contribution in [2.24, 2.45) is 0 Å². The Kier molecular flexibility index (Phi) is 3.96. The number of nitrogens with zero attached hydrogens (tertiary/aromatic N) is 5. The maximum absolute atomic E-state index is 10.4. The van der Waals surface area contributed by atoms with Gasteiger partial charge in [0.15, 0.2) is 5.82 Å². The van der Waals surface area contributed by atoms with Gasteiger partial charge in [-0.3, -0.25) is 4.57 Å². The zero-order chi connectivity index (χ0) is 19.0. The molecule has 0 radical (unpaired) electrons. The van der Waals surface area contributed by atoms with Gasteiger partial charge in [0, 0.05) is 17.2 Å². The zero-order valence-corrected chi connectivity index (χ0v) is 14.3. The second-order valence-electron chi connectivity index (χ2n) is 5.90. The second kappa shape index (κ2) is 6.45. The van der Waals surface area contributed by atoms with Crippen molar-refractivity contribution in [1.82, 2.24) is 30.2 Å². The summed E-state index contributed by atoms with van der Waals surface area (Å²) in [6, 6.07) is 9.92. The molecule has 0 amide bonds. The Balaban J connectivity index is 1.96. The summed E-state index contributed by atoms with van der Waals surface area (Å²) in [5.74, 6) is 0.320. The molecule has 0 atom stereocenters. The van der Waals surface area contributed by atoms with Gasteiger partial charge in [-0.1, -0.05) is 19.1 Å². The second-order valence-corrected chi connectivity index (χ2v) is 5.90. The Bertz CT molecular complexity index is 1100. The van der Waals surface area contributed by atoms with Crippen LogP contribution in [0, 0.1) is 0 Å². The minimum absolute atomic E-state index is 0.0159. The molecule has 0 bridgehead atoms. The molecule has 9 heteroatoms. The molecule has 9 nitrogen and oxygen atoms in total. The summed E-state index contributed by atoms with van der Waals surface area (Å²) < 4.78 is 1.49. The van der Waals surface area contributed by atoms with Gasteiger partial charge < -0.3 is 15.3 Å². The quantitative estimate of drug-likeness (QED) is 0.437. The number of aromatic nitrogens is 6. The Hall–Kier alpha value is -3.88. The summed E-state index contributed by atoms with van der Waals surface area (Å²) in [6.45, 7) is 1.90. The van der Waals surface area contributed by atoms with Gasteiger partial charge >= 0.3 is 0 Å². The van der Waals surface area contributed by atoms with Gasteiger partial charge in [-0.25, -0.2) is 10.1 Å². The lowest BCUT2D eigenvalue weighted by Crippen LogP contribution is -2.00. The molecule has 27 heavy (non-hydrogen) atoms. The van der Waals surface area contributed by atoms with E-state index in [2.05, 4.69) is 25.6 Å². The number of imidazole rings is 1. The molecule has 0 fully saturated rings. The van der Waals surface area contributed by atoms with Crippen molar-refractivity contribution in [2.75, 3.05) is 0 Å². The van der Waals surface area contributed by atoms with E-state index in [1.807, 2.05) is 13.0 Å². The smallest absolute Gasteiger partial charge is 0.299 e. The number of rotatable bonds is 4. The number of hydrogen-bond donors (Lipinski definition) is 4. The molecule has 0 aliphatic rings. The van der Waals surface area contributed by atoms with E-state index in [9.17, 15) is 15.3 Å². The molecule has 0 aliphatic carbocycles. The Morgan fingerprint density at radius 2 is 1.85 bits per heavy atom. The number of tetrazole rings is 1. The number of aromatic hydroxyl groups is 3. The van der Waals surface area contributed by atoms with Crippen LogP contribution in [-0.4, -0.2) is 45.5 Å². The SMILES string of the molecule is CCc1cc(-c2cnc(O)n2-c2ccccc2-c2nnn[nH]2)c(O)cc1O. The third-order valence-electron chi connectivity index (χ3n) is 4.34. The Morgan fingerprint density at radius 1 is 1.04 bits per heavy atom. The first-order chi connectivity index (χ1) is 13.1. The average Bonchev–Trinajstić information content (AvgIpc) is 3.32. The fourth-order valence-corrected chi connectivity index (χ4v) is 3.02. The number of para-hydroxylation sites is 1. The van der Waals surface area contributed by atoms with Gasteiger partial charge in [0.25, 0.3) is 6.01 Å². The standard InChI is InChI=1S/C18H16N6O3/c1-2-10-7-12(16(26)8-15(10)25)14-9-19-18(27)24(14)13-6-4-3-5-11(13)17-20-22-23-21-17/h3-9,25-26H,2H2,1H3,(H,19,27)(H,20,21,22,23). The Labute approximate surface area is 153 Å². The van der Waals surface area contributed by atoms with Crippen LogP contribution in [0.25, 0.3) is 28.3 Å². The van der Waals surface area contributed by atoms with Crippen LogP contribution in [0.3, 0.4) is 0 Å². The molecular formula is C18H16N6O3. The third kappa shape index (κ3) is 2.74. The normalized spacial score (nSPS) is 11.0. The number of H-pyrrole nitrogens is 1. The van der Waals surface area contributed by atoms with Gasteiger partial charge in [-0.15, -0.1) is 5.10 Å². The van der Waals surface area contributed by atoms with E-state index >= 15 is 0 Å². The van der Waals surface area contributed by atoms with E-state index in [1.165, 1.54) is 16.8 Å². The first-order valence-corrected chi connectivity index (χ1v) is 8.25. The van der Waals surface area contributed by atoms with Crippen molar-refractivity contribution >= 4 is 0 Å². The van der Waals surface area contributed by atoms with Crippen LogP contribution in [0.15, 0.2) is 42.6 Å². The first kappa shape index (κ1) is 16.6. The third-order valence-corrected chi connectivity index (χ3v) is 4.34. The lowest BCUT2D eigenvalue weighted by Gasteiger charge is -2.14. The molecule has 136 valence electrons. The van der Waals surface area contributed by atoms with Crippen LogP contribution in [0.2, 0.25) is 0 Å². The topological polar surface area (TPSA) is 133 Å². The van der Waals surface area contributed by atoms with Crippen LogP contribution in [0.4, 0.5) is 0 Å². The van der Waals surface area contributed by atoms with Gasteiger partial charge in [0.05, 0.1) is 17.6 Å². The number of benzene rings is 2. The number of phenolic OH excluding ortho intramolecular Hbond substituents is 2. The minimum atomic E-state index is -0.254. The molecule has 4 N–H and O–H groups in total.